The molecule has 1 fully saturated rings. The third-order valence-electron chi connectivity index (χ3n) is 3.08. The Morgan fingerprint density at radius 1 is 1.50 bits per heavy atom. The molecule has 96 valence electrons. The molecular weight excluding hydrogens is 316 g/mol. The molecule has 0 aliphatic carbocycles. The summed E-state index contributed by atoms with van der Waals surface area (Å²) in [5.41, 5.74) is 1.39. The fraction of sp³-hybridized carbons (Fsp3) is 0.417. The maximum Gasteiger partial charge on any atom is 0.154 e. The lowest BCUT2D eigenvalue weighted by atomic mass is 10.2. The Morgan fingerprint density at radius 3 is 2.83 bits per heavy atom. The zero-order valence-electron chi connectivity index (χ0n) is 9.69. The molecule has 0 saturated carbocycles. The summed E-state index contributed by atoms with van der Waals surface area (Å²) in [4.78, 5) is 0. The average Bonchev–Trinajstić information content (AvgIpc) is 2.67. The number of hydrogen-bond donors (Lipinski definition) is 1. The number of rotatable bonds is 3. The van der Waals surface area contributed by atoms with Gasteiger partial charge in [0, 0.05) is 16.7 Å². The predicted octanol–water partition coefficient (Wildman–Crippen LogP) is 2.31. The second-order valence-corrected chi connectivity index (χ2v) is 7.57. The summed E-state index contributed by atoms with van der Waals surface area (Å²) in [5.74, 6) is 0.299. The molecule has 0 amide bonds. The number of nitriles is 1. The van der Waals surface area contributed by atoms with Crippen molar-refractivity contribution in [3.8, 4) is 6.07 Å². The number of nitrogens with zero attached hydrogens (tertiary/aromatic N) is 1. The van der Waals surface area contributed by atoms with Gasteiger partial charge >= 0.3 is 0 Å². The fourth-order valence-corrected chi connectivity index (χ4v) is 4.32. The molecule has 1 aliphatic heterocycles. The molecule has 1 aliphatic rings. The van der Waals surface area contributed by atoms with Gasteiger partial charge in [0.1, 0.15) is 0 Å². The number of anilines is 1. The first-order valence-corrected chi connectivity index (χ1v) is 8.19. The molecule has 2 rings (SSSR count). The molecule has 1 heterocycles. The maximum atomic E-state index is 11.7. The Labute approximate surface area is 115 Å². The highest BCUT2D eigenvalue weighted by Gasteiger charge is 2.30. The van der Waals surface area contributed by atoms with Crippen LogP contribution in [0, 0.1) is 11.3 Å². The summed E-state index contributed by atoms with van der Waals surface area (Å²) in [7, 11) is -2.91. The van der Waals surface area contributed by atoms with Gasteiger partial charge in [0.2, 0.25) is 0 Å². The molecule has 1 saturated heterocycles. The third kappa shape index (κ3) is 2.85. The van der Waals surface area contributed by atoms with Crippen LogP contribution in [0.4, 0.5) is 5.69 Å². The van der Waals surface area contributed by atoms with Crippen molar-refractivity contribution in [2.75, 3.05) is 17.6 Å². The number of nitrogens with one attached hydrogen (secondary N) is 1. The molecule has 6 heteroatoms. The smallest absolute Gasteiger partial charge is 0.154 e. The van der Waals surface area contributed by atoms with E-state index in [0.717, 1.165) is 23.0 Å². The predicted molar refractivity (Wildman–Crippen MR) is 74.2 cm³/mol. The van der Waals surface area contributed by atoms with Gasteiger partial charge in [0.05, 0.1) is 22.6 Å². The monoisotopic (exact) mass is 328 g/mol. The molecule has 0 radical (unpaired) electrons. The highest BCUT2D eigenvalue weighted by molar-refractivity contribution is 9.10. The highest BCUT2D eigenvalue weighted by atomic mass is 79.9. The largest absolute Gasteiger partial charge is 0.383 e. The van der Waals surface area contributed by atoms with Crippen molar-refractivity contribution in [1.82, 2.24) is 0 Å². The minimum atomic E-state index is -2.91. The van der Waals surface area contributed by atoms with E-state index in [1.807, 2.05) is 0 Å². The van der Waals surface area contributed by atoms with Crippen molar-refractivity contribution in [2.24, 2.45) is 0 Å². The Balaban J connectivity index is 2.05. The van der Waals surface area contributed by atoms with E-state index in [-0.39, 0.29) is 5.25 Å². The first-order chi connectivity index (χ1) is 8.53. The molecule has 4 nitrogen and oxygen atoms in total. The Morgan fingerprint density at radius 2 is 2.28 bits per heavy atom. The SMILES string of the molecule is N#Cc1ccc(NCC2CCCS2(=O)=O)c(Br)c1. The summed E-state index contributed by atoms with van der Waals surface area (Å²) in [6.45, 7) is 0.423. The van der Waals surface area contributed by atoms with Gasteiger partial charge in [-0.2, -0.15) is 5.26 Å². The lowest BCUT2D eigenvalue weighted by molar-refractivity contribution is 0.591. The van der Waals surface area contributed by atoms with Crippen LogP contribution in [0.25, 0.3) is 0 Å². The van der Waals surface area contributed by atoms with Crippen LogP contribution in [0.2, 0.25) is 0 Å². The number of hydrogen-bond acceptors (Lipinski definition) is 4. The van der Waals surface area contributed by atoms with E-state index in [0.29, 0.717) is 17.9 Å². The molecule has 0 aromatic heterocycles. The van der Waals surface area contributed by atoms with Gasteiger partial charge in [-0.15, -0.1) is 0 Å². The first-order valence-electron chi connectivity index (χ1n) is 5.68. The standard InChI is InChI=1S/C12H13BrN2O2S/c13-11-6-9(7-14)3-4-12(11)15-8-10-2-1-5-18(10,16)17/h3-4,6,10,15H,1-2,5,8H2. The highest BCUT2D eigenvalue weighted by Crippen LogP contribution is 2.25. The van der Waals surface area contributed by atoms with Crippen molar-refractivity contribution in [1.29, 1.82) is 5.26 Å². The van der Waals surface area contributed by atoms with Crippen molar-refractivity contribution in [3.63, 3.8) is 0 Å². The van der Waals surface area contributed by atoms with Crippen LogP contribution in [0.5, 0.6) is 0 Å². The van der Waals surface area contributed by atoms with E-state index in [1.165, 1.54) is 0 Å². The summed E-state index contributed by atoms with van der Waals surface area (Å²) < 4.78 is 24.1. The van der Waals surface area contributed by atoms with E-state index in [2.05, 4.69) is 27.3 Å². The van der Waals surface area contributed by atoms with Crippen LogP contribution >= 0.6 is 15.9 Å². The van der Waals surface area contributed by atoms with Crippen LogP contribution in [-0.2, 0) is 9.84 Å². The molecular formula is C12H13BrN2O2S. The van der Waals surface area contributed by atoms with Crippen LogP contribution < -0.4 is 5.32 Å². The van der Waals surface area contributed by atoms with E-state index >= 15 is 0 Å². The fourth-order valence-electron chi connectivity index (χ4n) is 2.04. The van der Waals surface area contributed by atoms with E-state index in [4.69, 9.17) is 5.26 Å². The van der Waals surface area contributed by atoms with Gasteiger partial charge in [-0.1, -0.05) is 0 Å². The summed E-state index contributed by atoms with van der Waals surface area (Å²) in [6, 6.07) is 7.25. The lowest BCUT2D eigenvalue weighted by Crippen LogP contribution is -2.25. The average molecular weight is 329 g/mol. The molecule has 0 bridgehead atoms. The Kier molecular flexibility index (Phi) is 3.93. The minimum absolute atomic E-state index is 0.292. The zero-order valence-corrected chi connectivity index (χ0v) is 12.1. The van der Waals surface area contributed by atoms with Crippen molar-refractivity contribution in [2.45, 2.75) is 18.1 Å². The normalized spacial score (nSPS) is 21.4. The third-order valence-corrected chi connectivity index (χ3v) is 6.01. The second-order valence-electron chi connectivity index (χ2n) is 4.32. The molecule has 1 N–H and O–H groups in total. The lowest BCUT2D eigenvalue weighted by Gasteiger charge is -2.13. The van der Waals surface area contributed by atoms with Crippen molar-refractivity contribution < 1.29 is 8.42 Å². The molecule has 1 aromatic carbocycles. The number of halogens is 1. The first kappa shape index (κ1) is 13.4. The van der Waals surface area contributed by atoms with Crippen LogP contribution in [0.15, 0.2) is 22.7 Å². The molecule has 1 aromatic rings. The van der Waals surface area contributed by atoms with Crippen LogP contribution in [0.3, 0.4) is 0 Å². The summed E-state index contributed by atoms with van der Waals surface area (Å²) in [5, 5.41) is 11.6. The maximum absolute atomic E-state index is 11.7. The summed E-state index contributed by atoms with van der Waals surface area (Å²) >= 11 is 3.36. The van der Waals surface area contributed by atoms with Gasteiger partial charge < -0.3 is 5.32 Å². The Hall–Kier alpha value is -1.06. The second kappa shape index (κ2) is 5.29. The number of benzene rings is 1. The van der Waals surface area contributed by atoms with Crippen molar-refractivity contribution in [3.05, 3.63) is 28.2 Å². The Bertz CT molecular complexity index is 593. The van der Waals surface area contributed by atoms with Gasteiger partial charge in [0.25, 0.3) is 0 Å². The van der Waals surface area contributed by atoms with Crippen LogP contribution in [-0.4, -0.2) is 26.0 Å². The molecule has 1 unspecified atom stereocenters. The van der Waals surface area contributed by atoms with E-state index in [9.17, 15) is 8.42 Å². The van der Waals surface area contributed by atoms with E-state index in [1.54, 1.807) is 18.2 Å². The minimum Gasteiger partial charge on any atom is -0.383 e. The quantitative estimate of drug-likeness (QED) is 0.924. The molecule has 18 heavy (non-hydrogen) atoms. The van der Waals surface area contributed by atoms with Gasteiger partial charge in [-0.3, -0.25) is 0 Å². The van der Waals surface area contributed by atoms with Crippen LogP contribution in [0.1, 0.15) is 18.4 Å². The molecule has 1 atom stereocenters. The zero-order chi connectivity index (χ0) is 13.2. The van der Waals surface area contributed by atoms with E-state index < -0.39 is 9.84 Å². The van der Waals surface area contributed by atoms with Gasteiger partial charge in [0.15, 0.2) is 9.84 Å². The van der Waals surface area contributed by atoms with Gasteiger partial charge in [-0.25, -0.2) is 8.42 Å². The summed E-state index contributed by atoms with van der Waals surface area (Å²) in [6.07, 6.45) is 1.48. The topological polar surface area (TPSA) is 70.0 Å². The van der Waals surface area contributed by atoms with Crippen molar-refractivity contribution >= 4 is 31.5 Å². The molecule has 0 spiro atoms. The van der Waals surface area contributed by atoms with Gasteiger partial charge in [-0.05, 0) is 47.0 Å². The number of sulfone groups is 1.